The molecule has 0 saturated carbocycles. The van der Waals surface area contributed by atoms with Gasteiger partial charge >= 0.3 is 0 Å². The highest BCUT2D eigenvalue weighted by atomic mass is 35.5. The molecule has 1 atom stereocenters. The third-order valence-electron chi connectivity index (χ3n) is 4.05. The summed E-state index contributed by atoms with van der Waals surface area (Å²) in [4.78, 5) is 17.2. The van der Waals surface area contributed by atoms with E-state index in [0.717, 1.165) is 11.1 Å². The van der Waals surface area contributed by atoms with E-state index in [1.807, 2.05) is 19.9 Å². The molecule has 118 valence electrons. The summed E-state index contributed by atoms with van der Waals surface area (Å²) in [6, 6.07) is 11.4. The average molecular weight is 330 g/mol. The number of halogens is 2. The van der Waals surface area contributed by atoms with Crippen molar-refractivity contribution in [2.45, 2.75) is 26.3 Å². The van der Waals surface area contributed by atoms with Crippen LogP contribution in [0.2, 0.25) is 5.02 Å². The first-order chi connectivity index (χ1) is 11.0. The van der Waals surface area contributed by atoms with Gasteiger partial charge in [-0.1, -0.05) is 43.6 Å². The van der Waals surface area contributed by atoms with E-state index >= 15 is 0 Å². The van der Waals surface area contributed by atoms with Crippen molar-refractivity contribution in [2.75, 3.05) is 0 Å². The number of benzene rings is 2. The zero-order chi connectivity index (χ0) is 16.6. The molecular formula is C19H17ClFNO. The maximum Gasteiger partial charge on any atom is 0.161 e. The molecule has 4 heteroatoms. The van der Waals surface area contributed by atoms with E-state index < -0.39 is 6.04 Å². The van der Waals surface area contributed by atoms with Gasteiger partial charge in [-0.2, -0.15) is 0 Å². The second-order valence-corrected chi connectivity index (χ2v) is 6.53. The molecule has 1 aliphatic heterocycles. The summed E-state index contributed by atoms with van der Waals surface area (Å²) in [5.41, 5.74) is 2.51. The molecular weight excluding hydrogens is 313 g/mol. The molecule has 2 aromatic carbocycles. The molecule has 2 nitrogen and oxygen atoms in total. The van der Waals surface area contributed by atoms with Crippen LogP contribution in [-0.2, 0) is 11.2 Å². The lowest BCUT2D eigenvalue weighted by Gasteiger charge is -2.15. The minimum atomic E-state index is -0.476. The Hall–Kier alpha value is -2.00. The third-order valence-corrected chi connectivity index (χ3v) is 4.28. The average Bonchev–Trinajstić information content (AvgIpc) is 2.63. The van der Waals surface area contributed by atoms with Gasteiger partial charge in [-0.15, -0.1) is 0 Å². The Bertz CT molecular complexity index is 798. The van der Waals surface area contributed by atoms with Crippen LogP contribution in [0.3, 0.4) is 0 Å². The van der Waals surface area contributed by atoms with Crippen LogP contribution in [0, 0.1) is 11.7 Å². The van der Waals surface area contributed by atoms with Gasteiger partial charge in [0.1, 0.15) is 11.9 Å². The summed E-state index contributed by atoms with van der Waals surface area (Å²) < 4.78 is 14.3. The molecule has 0 bridgehead atoms. The molecule has 0 aliphatic carbocycles. The highest BCUT2D eigenvalue weighted by Gasteiger charge is 2.29. The van der Waals surface area contributed by atoms with E-state index in [-0.39, 0.29) is 23.9 Å². The topological polar surface area (TPSA) is 29.4 Å². The Morgan fingerprint density at radius 1 is 1.17 bits per heavy atom. The number of hydrogen-bond donors (Lipinski definition) is 0. The second-order valence-electron chi connectivity index (χ2n) is 6.09. The lowest BCUT2D eigenvalue weighted by atomic mass is 9.94. The summed E-state index contributed by atoms with van der Waals surface area (Å²) in [5.74, 6) is -0.257. The first-order valence-electron chi connectivity index (χ1n) is 7.61. The van der Waals surface area contributed by atoms with E-state index in [4.69, 9.17) is 11.6 Å². The molecule has 0 N–H and O–H groups in total. The van der Waals surface area contributed by atoms with Crippen LogP contribution in [0.1, 0.15) is 30.5 Å². The van der Waals surface area contributed by atoms with Gasteiger partial charge in [0, 0.05) is 22.6 Å². The molecule has 2 aromatic rings. The van der Waals surface area contributed by atoms with E-state index in [9.17, 15) is 9.18 Å². The number of carbonyl (C=O) groups is 1. The SMILES string of the molecule is CC(C)[C@@H]1N=C(c2ccccc2F)c2ccc(Cl)cc2CC1=O. The lowest BCUT2D eigenvalue weighted by molar-refractivity contribution is -0.120. The minimum absolute atomic E-state index is 0.0369. The fourth-order valence-electron chi connectivity index (χ4n) is 2.90. The van der Waals surface area contributed by atoms with Crippen LogP contribution < -0.4 is 0 Å². The Labute approximate surface area is 140 Å². The number of aliphatic imine (C=N–C) groups is 1. The summed E-state index contributed by atoms with van der Waals surface area (Å²) in [5, 5.41) is 0.562. The van der Waals surface area contributed by atoms with Gasteiger partial charge in [0.2, 0.25) is 0 Å². The van der Waals surface area contributed by atoms with E-state index in [2.05, 4.69) is 4.99 Å². The molecule has 3 rings (SSSR count). The Balaban J connectivity index is 2.26. The van der Waals surface area contributed by atoms with E-state index in [1.54, 1.807) is 30.3 Å². The number of carbonyl (C=O) groups excluding carboxylic acids is 1. The molecule has 0 unspecified atom stereocenters. The van der Waals surface area contributed by atoms with Gasteiger partial charge in [-0.25, -0.2) is 4.39 Å². The van der Waals surface area contributed by atoms with Gasteiger partial charge < -0.3 is 0 Å². The maximum atomic E-state index is 14.3. The molecule has 1 heterocycles. The highest BCUT2D eigenvalue weighted by Crippen LogP contribution is 2.27. The number of fused-ring (bicyclic) bond motifs is 1. The maximum absolute atomic E-state index is 14.3. The van der Waals surface area contributed by atoms with Crippen molar-refractivity contribution < 1.29 is 9.18 Å². The van der Waals surface area contributed by atoms with E-state index in [0.29, 0.717) is 16.3 Å². The predicted molar refractivity (Wildman–Crippen MR) is 90.8 cm³/mol. The third kappa shape index (κ3) is 3.06. The van der Waals surface area contributed by atoms with Crippen LogP contribution >= 0.6 is 11.6 Å². The Morgan fingerprint density at radius 2 is 1.91 bits per heavy atom. The first kappa shape index (κ1) is 15.9. The quantitative estimate of drug-likeness (QED) is 0.799. The first-order valence-corrected chi connectivity index (χ1v) is 7.99. The van der Waals surface area contributed by atoms with Crippen LogP contribution in [-0.4, -0.2) is 17.5 Å². The van der Waals surface area contributed by atoms with Gasteiger partial charge in [-0.05, 0) is 35.7 Å². The molecule has 0 saturated heterocycles. The van der Waals surface area contributed by atoms with Crippen LogP contribution in [0.5, 0.6) is 0 Å². The molecule has 23 heavy (non-hydrogen) atoms. The van der Waals surface area contributed by atoms with Crippen molar-refractivity contribution in [3.63, 3.8) is 0 Å². The van der Waals surface area contributed by atoms with Crippen molar-refractivity contribution in [3.8, 4) is 0 Å². The summed E-state index contributed by atoms with van der Waals surface area (Å²) >= 11 is 6.08. The number of nitrogens with zero attached hydrogens (tertiary/aromatic N) is 1. The van der Waals surface area contributed by atoms with Crippen molar-refractivity contribution in [1.29, 1.82) is 0 Å². The molecule has 0 aromatic heterocycles. The van der Waals surface area contributed by atoms with Gasteiger partial charge in [0.05, 0.1) is 5.71 Å². The zero-order valence-corrected chi connectivity index (χ0v) is 13.8. The minimum Gasteiger partial charge on any atom is -0.297 e. The zero-order valence-electron chi connectivity index (χ0n) is 13.0. The standard InChI is InChI=1S/C19H17ClFNO/c1-11(2)18-17(23)10-12-9-13(20)7-8-14(12)19(22-18)15-5-3-4-6-16(15)21/h3-9,11,18H,10H2,1-2H3/t18-/m0/s1. The molecule has 0 fully saturated rings. The van der Waals surface area contributed by atoms with Crippen molar-refractivity contribution in [2.24, 2.45) is 10.9 Å². The fraction of sp³-hybridized carbons (Fsp3) is 0.263. The van der Waals surface area contributed by atoms with Crippen molar-refractivity contribution in [3.05, 3.63) is 70.0 Å². The molecule has 0 spiro atoms. The Kier molecular flexibility index (Phi) is 4.31. The lowest BCUT2D eigenvalue weighted by Crippen LogP contribution is -2.25. The normalized spacial score (nSPS) is 17.7. The van der Waals surface area contributed by atoms with Gasteiger partial charge in [0.15, 0.2) is 5.78 Å². The summed E-state index contributed by atoms with van der Waals surface area (Å²) in [6.07, 6.45) is 0.264. The number of ketones is 1. The number of rotatable bonds is 2. The smallest absolute Gasteiger partial charge is 0.161 e. The van der Waals surface area contributed by atoms with Crippen LogP contribution in [0.15, 0.2) is 47.5 Å². The van der Waals surface area contributed by atoms with E-state index in [1.165, 1.54) is 6.07 Å². The summed E-state index contributed by atoms with van der Waals surface area (Å²) in [7, 11) is 0. The largest absolute Gasteiger partial charge is 0.297 e. The van der Waals surface area contributed by atoms with Crippen molar-refractivity contribution in [1.82, 2.24) is 0 Å². The summed E-state index contributed by atoms with van der Waals surface area (Å²) in [6.45, 7) is 3.90. The Morgan fingerprint density at radius 3 is 2.61 bits per heavy atom. The van der Waals surface area contributed by atoms with Gasteiger partial charge in [-0.3, -0.25) is 9.79 Å². The van der Waals surface area contributed by atoms with Crippen LogP contribution in [0.4, 0.5) is 4.39 Å². The van der Waals surface area contributed by atoms with Gasteiger partial charge in [0.25, 0.3) is 0 Å². The second kappa shape index (κ2) is 6.25. The highest BCUT2D eigenvalue weighted by molar-refractivity contribution is 6.31. The number of Topliss-reactive ketones (excluding diaryl/α,β-unsaturated/α-hetero) is 1. The molecule has 0 radical (unpaired) electrons. The van der Waals surface area contributed by atoms with Crippen LogP contribution in [0.25, 0.3) is 0 Å². The van der Waals surface area contributed by atoms with Crippen molar-refractivity contribution >= 4 is 23.1 Å². The predicted octanol–water partition coefficient (Wildman–Crippen LogP) is 4.47. The fourth-order valence-corrected chi connectivity index (χ4v) is 3.10. The monoisotopic (exact) mass is 329 g/mol. The molecule has 0 amide bonds. The number of hydrogen-bond acceptors (Lipinski definition) is 2. The molecule has 1 aliphatic rings.